The van der Waals surface area contributed by atoms with Crippen molar-refractivity contribution in [3.63, 3.8) is 0 Å². The molecular weight excluding hydrogens is 400 g/mol. The summed E-state index contributed by atoms with van der Waals surface area (Å²) in [6.45, 7) is 1.50. The first kappa shape index (κ1) is 29.5. The quantitative estimate of drug-likeness (QED) is 0.165. The topological polar surface area (TPSA) is 121 Å². The number of carboxylic acids is 1. The Bertz CT molecular complexity index is 477. The average Bonchev–Trinajstić information content (AvgIpc) is 2.72. The molecule has 0 fully saturated rings. The first-order chi connectivity index (χ1) is 14.9. The van der Waals surface area contributed by atoms with Crippen LogP contribution in [0.15, 0.2) is 0 Å². The Morgan fingerprint density at radius 2 is 1.10 bits per heavy atom. The number of Topliss-reactive ketones (excluding diaryl/α,β-unsaturated/α-hetero) is 1. The molecule has 31 heavy (non-hydrogen) atoms. The highest BCUT2D eigenvalue weighted by molar-refractivity contribution is 5.87. The summed E-state index contributed by atoms with van der Waals surface area (Å²) in [6.07, 6.45) is 14.5. The number of aliphatic carboxylic acids is 1. The molecule has 0 aromatic heterocycles. The van der Waals surface area contributed by atoms with Crippen molar-refractivity contribution in [2.24, 2.45) is 0 Å². The van der Waals surface area contributed by atoms with Crippen LogP contribution in [0.2, 0.25) is 0 Å². The summed E-state index contributed by atoms with van der Waals surface area (Å²) in [4.78, 5) is 34.3. The van der Waals surface area contributed by atoms with Crippen LogP contribution in [0.5, 0.6) is 0 Å². The molecule has 0 aromatic carbocycles. The standard InChI is InChI=1S/C24H44O7/c1-20(26)24(30)31-22(23(28)29)19-21(27)17-15-13-11-9-7-5-3-2-4-6-8-10-12-14-16-18-25/h20,22,25-26H,2-19H2,1H3,(H,28,29). The Morgan fingerprint density at radius 3 is 1.45 bits per heavy atom. The molecule has 2 unspecified atom stereocenters. The molecule has 2 atom stereocenters. The zero-order chi connectivity index (χ0) is 23.3. The number of ketones is 1. The molecule has 0 spiro atoms. The fraction of sp³-hybridized carbons (Fsp3) is 0.875. The fourth-order valence-electron chi connectivity index (χ4n) is 3.46. The zero-order valence-electron chi connectivity index (χ0n) is 19.4. The number of aliphatic hydroxyl groups excluding tert-OH is 2. The zero-order valence-corrected chi connectivity index (χ0v) is 19.4. The van der Waals surface area contributed by atoms with Crippen molar-refractivity contribution in [1.82, 2.24) is 0 Å². The lowest BCUT2D eigenvalue weighted by Gasteiger charge is -2.14. The normalized spacial score (nSPS) is 13.0. The largest absolute Gasteiger partial charge is 0.478 e. The van der Waals surface area contributed by atoms with Crippen molar-refractivity contribution < 1.29 is 34.4 Å². The van der Waals surface area contributed by atoms with E-state index in [9.17, 15) is 14.4 Å². The lowest BCUT2D eigenvalue weighted by atomic mass is 10.0. The van der Waals surface area contributed by atoms with E-state index in [1.807, 2.05) is 0 Å². The van der Waals surface area contributed by atoms with Crippen LogP contribution in [0, 0.1) is 0 Å². The van der Waals surface area contributed by atoms with Gasteiger partial charge in [-0.15, -0.1) is 0 Å². The molecular formula is C24H44O7. The average molecular weight is 445 g/mol. The number of esters is 1. The van der Waals surface area contributed by atoms with Gasteiger partial charge in [0.1, 0.15) is 11.9 Å². The van der Waals surface area contributed by atoms with Crippen molar-refractivity contribution in [3.8, 4) is 0 Å². The first-order valence-corrected chi connectivity index (χ1v) is 12.1. The molecule has 0 aliphatic rings. The highest BCUT2D eigenvalue weighted by Gasteiger charge is 2.26. The third-order valence-electron chi connectivity index (χ3n) is 5.40. The molecule has 0 heterocycles. The van der Waals surface area contributed by atoms with Crippen LogP contribution in [0.3, 0.4) is 0 Å². The van der Waals surface area contributed by atoms with Crippen molar-refractivity contribution in [1.29, 1.82) is 0 Å². The molecule has 3 N–H and O–H groups in total. The van der Waals surface area contributed by atoms with E-state index in [1.54, 1.807) is 0 Å². The van der Waals surface area contributed by atoms with Crippen LogP contribution in [-0.4, -0.2) is 51.9 Å². The Kier molecular flexibility index (Phi) is 19.5. The summed E-state index contributed by atoms with van der Waals surface area (Å²) in [5.41, 5.74) is 0. The molecule has 0 radical (unpaired) electrons. The van der Waals surface area contributed by atoms with Crippen molar-refractivity contribution in [2.75, 3.05) is 6.61 Å². The minimum absolute atomic E-state index is 0.237. The summed E-state index contributed by atoms with van der Waals surface area (Å²) in [6, 6.07) is 0. The molecule has 0 aliphatic carbocycles. The Labute approximate surface area is 187 Å². The Morgan fingerprint density at radius 1 is 0.710 bits per heavy atom. The monoisotopic (exact) mass is 444 g/mol. The number of unbranched alkanes of at least 4 members (excludes halogenated alkanes) is 14. The van der Waals surface area contributed by atoms with Crippen LogP contribution < -0.4 is 0 Å². The molecule has 0 saturated carbocycles. The van der Waals surface area contributed by atoms with Gasteiger partial charge in [0.05, 0.1) is 6.42 Å². The summed E-state index contributed by atoms with van der Waals surface area (Å²) in [7, 11) is 0. The van der Waals surface area contributed by atoms with E-state index in [-0.39, 0.29) is 18.6 Å². The third kappa shape index (κ3) is 19.0. The maximum Gasteiger partial charge on any atom is 0.345 e. The van der Waals surface area contributed by atoms with Crippen LogP contribution in [0.4, 0.5) is 0 Å². The second-order valence-electron chi connectivity index (χ2n) is 8.46. The number of hydrogen-bond acceptors (Lipinski definition) is 6. The van der Waals surface area contributed by atoms with E-state index in [0.29, 0.717) is 13.0 Å². The van der Waals surface area contributed by atoms with Crippen molar-refractivity contribution >= 4 is 17.7 Å². The van der Waals surface area contributed by atoms with Gasteiger partial charge in [-0.25, -0.2) is 9.59 Å². The van der Waals surface area contributed by atoms with Gasteiger partial charge in [-0.1, -0.05) is 83.5 Å². The van der Waals surface area contributed by atoms with Gasteiger partial charge in [-0.2, -0.15) is 0 Å². The summed E-state index contributed by atoms with van der Waals surface area (Å²) in [5.74, 6) is -2.64. The summed E-state index contributed by atoms with van der Waals surface area (Å²) >= 11 is 0. The SMILES string of the molecule is CC(O)C(=O)OC(CC(=O)CCCCCCCCCCCCCCCCCO)C(=O)O. The molecule has 0 aromatic rings. The molecule has 0 aliphatic heterocycles. The van der Waals surface area contributed by atoms with Gasteiger partial charge >= 0.3 is 11.9 Å². The minimum Gasteiger partial charge on any atom is -0.478 e. The van der Waals surface area contributed by atoms with Crippen LogP contribution in [0.1, 0.15) is 116 Å². The van der Waals surface area contributed by atoms with E-state index in [4.69, 9.17) is 15.3 Å². The smallest absolute Gasteiger partial charge is 0.345 e. The molecule has 0 bridgehead atoms. The molecule has 0 rings (SSSR count). The van der Waals surface area contributed by atoms with E-state index >= 15 is 0 Å². The van der Waals surface area contributed by atoms with E-state index in [0.717, 1.165) is 32.1 Å². The van der Waals surface area contributed by atoms with Gasteiger partial charge < -0.3 is 20.1 Å². The number of rotatable bonds is 22. The highest BCUT2D eigenvalue weighted by Crippen LogP contribution is 2.14. The molecule has 182 valence electrons. The van der Waals surface area contributed by atoms with Gasteiger partial charge in [-0.05, 0) is 19.8 Å². The minimum atomic E-state index is -1.53. The van der Waals surface area contributed by atoms with E-state index in [2.05, 4.69) is 4.74 Å². The van der Waals surface area contributed by atoms with Gasteiger partial charge in [0.2, 0.25) is 6.10 Å². The van der Waals surface area contributed by atoms with Gasteiger partial charge in [0.25, 0.3) is 0 Å². The Balaban J connectivity index is 3.52. The van der Waals surface area contributed by atoms with Gasteiger partial charge in [0.15, 0.2) is 0 Å². The predicted octanol–water partition coefficient (Wildman–Crippen LogP) is 4.56. The number of carbonyl (C=O) groups is 3. The maximum atomic E-state index is 11.9. The second-order valence-corrected chi connectivity index (χ2v) is 8.46. The van der Waals surface area contributed by atoms with Crippen molar-refractivity contribution in [3.05, 3.63) is 0 Å². The maximum absolute atomic E-state index is 11.9. The number of aliphatic hydroxyl groups is 2. The number of carboxylic acid groups (broad SMARTS) is 1. The Hall–Kier alpha value is -1.47. The summed E-state index contributed by atoms with van der Waals surface area (Å²) < 4.78 is 4.66. The van der Waals surface area contributed by atoms with E-state index < -0.39 is 24.1 Å². The number of carbonyl (C=O) groups excluding carboxylic acids is 2. The third-order valence-corrected chi connectivity index (χ3v) is 5.40. The number of ether oxygens (including phenoxy) is 1. The lowest BCUT2D eigenvalue weighted by Crippen LogP contribution is -2.33. The van der Waals surface area contributed by atoms with Crippen LogP contribution >= 0.6 is 0 Å². The molecule has 0 saturated heterocycles. The molecule has 7 heteroatoms. The first-order valence-electron chi connectivity index (χ1n) is 12.1. The fourth-order valence-corrected chi connectivity index (χ4v) is 3.46. The van der Waals surface area contributed by atoms with Gasteiger partial charge in [0, 0.05) is 13.0 Å². The highest BCUT2D eigenvalue weighted by atomic mass is 16.6. The molecule has 0 amide bonds. The van der Waals surface area contributed by atoms with Crippen molar-refractivity contribution in [2.45, 2.75) is 128 Å². The summed E-state index contributed by atoms with van der Waals surface area (Å²) in [5, 5.41) is 26.9. The number of hydrogen-bond donors (Lipinski definition) is 3. The van der Waals surface area contributed by atoms with E-state index in [1.165, 1.54) is 64.7 Å². The lowest BCUT2D eigenvalue weighted by molar-refractivity contribution is -0.170. The van der Waals surface area contributed by atoms with Crippen LogP contribution in [-0.2, 0) is 19.1 Å². The predicted molar refractivity (Wildman–Crippen MR) is 120 cm³/mol. The second kappa shape index (κ2) is 20.4. The molecule has 7 nitrogen and oxygen atoms in total. The van der Waals surface area contributed by atoms with Crippen LogP contribution in [0.25, 0.3) is 0 Å². The van der Waals surface area contributed by atoms with Gasteiger partial charge in [-0.3, -0.25) is 4.79 Å².